The van der Waals surface area contributed by atoms with Gasteiger partial charge in [-0.25, -0.2) is 0 Å². The maximum absolute atomic E-state index is 5.88. The zero-order valence-electron chi connectivity index (χ0n) is 14.9. The van der Waals surface area contributed by atoms with E-state index in [0.29, 0.717) is 6.61 Å². The fourth-order valence-electron chi connectivity index (χ4n) is 2.58. The lowest BCUT2D eigenvalue weighted by molar-refractivity contribution is 0.306. The third-order valence-electron chi connectivity index (χ3n) is 3.96. The van der Waals surface area contributed by atoms with Crippen LogP contribution in [0.5, 0.6) is 11.5 Å². The molecule has 0 fully saturated rings. The van der Waals surface area contributed by atoms with Gasteiger partial charge < -0.3 is 14.8 Å². The number of methoxy groups -OCH3 is 1. The van der Waals surface area contributed by atoms with Crippen LogP contribution >= 0.6 is 12.4 Å². The first-order valence-electron chi connectivity index (χ1n) is 8.43. The van der Waals surface area contributed by atoms with Gasteiger partial charge in [0.25, 0.3) is 0 Å². The highest BCUT2D eigenvalue weighted by atomic mass is 35.5. The van der Waals surface area contributed by atoms with Gasteiger partial charge in [-0.15, -0.1) is 12.4 Å². The molecule has 0 bridgehead atoms. The number of halogens is 1. The van der Waals surface area contributed by atoms with Gasteiger partial charge in [0.15, 0.2) is 0 Å². The Morgan fingerprint density at radius 3 is 2.12 bits per heavy atom. The van der Waals surface area contributed by atoms with Crippen molar-refractivity contribution in [3.63, 3.8) is 0 Å². The smallest absolute Gasteiger partial charge is 0.120 e. The second-order valence-corrected chi connectivity index (χ2v) is 5.87. The summed E-state index contributed by atoms with van der Waals surface area (Å²) in [6, 6.07) is 26.5. The fraction of sp³-hybridized carbons (Fsp3) is 0.182. The minimum absolute atomic E-state index is 0. The molecule has 0 aliphatic heterocycles. The standard InChI is InChI=1S/C22H23NO2.ClH/c1-24-21-12-10-18(11-13-21)15-23-16-20-8-5-9-22(14-20)25-17-19-6-3-2-4-7-19;/h2-14,23H,15-17H2,1H3;1H. The molecule has 26 heavy (non-hydrogen) atoms. The zero-order chi connectivity index (χ0) is 17.3. The van der Waals surface area contributed by atoms with Gasteiger partial charge in [0.1, 0.15) is 18.1 Å². The second-order valence-electron chi connectivity index (χ2n) is 5.87. The molecule has 0 aromatic heterocycles. The summed E-state index contributed by atoms with van der Waals surface area (Å²) in [6.45, 7) is 2.21. The molecule has 136 valence electrons. The van der Waals surface area contributed by atoms with E-state index < -0.39 is 0 Å². The van der Waals surface area contributed by atoms with Crippen LogP contribution in [0.4, 0.5) is 0 Å². The Hall–Kier alpha value is -2.49. The van der Waals surface area contributed by atoms with E-state index in [1.807, 2.05) is 42.5 Å². The van der Waals surface area contributed by atoms with E-state index in [1.54, 1.807) is 7.11 Å². The first-order valence-corrected chi connectivity index (χ1v) is 8.43. The maximum Gasteiger partial charge on any atom is 0.120 e. The Morgan fingerprint density at radius 2 is 1.38 bits per heavy atom. The number of hydrogen-bond acceptors (Lipinski definition) is 3. The summed E-state index contributed by atoms with van der Waals surface area (Å²) in [6.07, 6.45) is 0. The molecule has 0 spiro atoms. The van der Waals surface area contributed by atoms with Crippen LogP contribution in [0, 0.1) is 0 Å². The van der Waals surface area contributed by atoms with Crippen molar-refractivity contribution < 1.29 is 9.47 Å². The predicted molar refractivity (Wildman–Crippen MR) is 108 cm³/mol. The minimum atomic E-state index is 0. The molecule has 0 heterocycles. The Bertz CT molecular complexity index is 776. The Labute approximate surface area is 161 Å². The maximum atomic E-state index is 5.88. The normalized spacial score (nSPS) is 10.0. The molecule has 0 unspecified atom stereocenters. The molecule has 3 aromatic carbocycles. The summed E-state index contributed by atoms with van der Waals surface area (Å²) in [5.74, 6) is 1.78. The molecule has 0 aliphatic carbocycles. The molecule has 0 radical (unpaired) electrons. The molecular formula is C22H24ClNO2. The van der Waals surface area contributed by atoms with E-state index in [9.17, 15) is 0 Å². The van der Waals surface area contributed by atoms with Crippen LogP contribution in [0.1, 0.15) is 16.7 Å². The summed E-state index contributed by atoms with van der Waals surface area (Å²) >= 11 is 0. The van der Waals surface area contributed by atoms with Crippen LogP contribution in [0.15, 0.2) is 78.9 Å². The highest BCUT2D eigenvalue weighted by Gasteiger charge is 1.99. The number of hydrogen-bond donors (Lipinski definition) is 1. The average molecular weight is 370 g/mol. The van der Waals surface area contributed by atoms with Crippen molar-refractivity contribution in [1.82, 2.24) is 5.32 Å². The van der Waals surface area contributed by atoms with E-state index in [0.717, 1.165) is 24.6 Å². The van der Waals surface area contributed by atoms with Crippen LogP contribution in [-0.4, -0.2) is 7.11 Å². The number of benzene rings is 3. The molecule has 4 heteroatoms. The molecule has 1 N–H and O–H groups in total. The van der Waals surface area contributed by atoms with E-state index >= 15 is 0 Å². The molecule has 3 nitrogen and oxygen atoms in total. The zero-order valence-corrected chi connectivity index (χ0v) is 15.7. The Morgan fingerprint density at radius 1 is 0.692 bits per heavy atom. The largest absolute Gasteiger partial charge is 0.497 e. The third kappa shape index (κ3) is 6.10. The topological polar surface area (TPSA) is 30.5 Å². The minimum Gasteiger partial charge on any atom is -0.497 e. The molecule has 0 aliphatic rings. The fourth-order valence-corrected chi connectivity index (χ4v) is 2.58. The van der Waals surface area contributed by atoms with Crippen molar-refractivity contribution in [3.8, 4) is 11.5 Å². The third-order valence-corrected chi connectivity index (χ3v) is 3.96. The van der Waals surface area contributed by atoms with Crippen LogP contribution in [-0.2, 0) is 19.7 Å². The van der Waals surface area contributed by atoms with E-state index in [2.05, 4.69) is 41.7 Å². The lowest BCUT2D eigenvalue weighted by atomic mass is 10.2. The van der Waals surface area contributed by atoms with Crippen molar-refractivity contribution in [1.29, 1.82) is 0 Å². The molecule has 0 saturated heterocycles. The predicted octanol–water partition coefficient (Wildman–Crippen LogP) is 4.99. The number of rotatable bonds is 8. The summed E-state index contributed by atoms with van der Waals surface area (Å²) in [5.41, 5.74) is 3.61. The van der Waals surface area contributed by atoms with Crippen molar-refractivity contribution in [2.24, 2.45) is 0 Å². The molecular weight excluding hydrogens is 346 g/mol. The monoisotopic (exact) mass is 369 g/mol. The average Bonchev–Trinajstić information content (AvgIpc) is 2.68. The van der Waals surface area contributed by atoms with Crippen molar-refractivity contribution in [3.05, 3.63) is 95.6 Å². The van der Waals surface area contributed by atoms with Gasteiger partial charge in [0.2, 0.25) is 0 Å². The van der Waals surface area contributed by atoms with Crippen LogP contribution in [0.3, 0.4) is 0 Å². The van der Waals surface area contributed by atoms with Crippen molar-refractivity contribution in [2.45, 2.75) is 19.7 Å². The van der Waals surface area contributed by atoms with Gasteiger partial charge in [0, 0.05) is 13.1 Å². The lowest BCUT2D eigenvalue weighted by Gasteiger charge is -2.09. The molecule has 0 atom stereocenters. The lowest BCUT2D eigenvalue weighted by Crippen LogP contribution is -2.12. The van der Waals surface area contributed by atoms with Crippen molar-refractivity contribution in [2.75, 3.05) is 7.11 Å². The van der Waals surface area contributed by atoms with Crippen molar-refractivity contribution >= 4 is 12.4 Å². The van der Waals surface area contributed by atoms with Crippen LogP contribution in [0.25, 0.3) is 0 Å². The van der Waals surface area contributed by atoms with E-state index in [4.69, 9.17) is 9.47 Å². The van der Waals surface area contributed by atoms with Gasteiger partial charge in [-0.1, -0.05) is 54.6 Å². The highest BCUT2D eigenvalue weighted by molar-refractivity contribution is 5.85. The summed E-state index contributed by atoms with van der Waals surface area (Å²) in [7, 11) is 1.68. The van der Waals surface area contributed by atoms with Gasteiger partial charge >= 0.3 is 0 Å². The van der Waals surface area contributed by atoms with Gasteiger partial charge in [-0.2, -0.15) is 0 Å². The van der Waals surface area contributed by atoms with Gasteiger partial charge in [-0.05, 0) is 41.0 Å². The van der Waals surface area contributed by atoms with Gasteiger partial charge in [-0.3, -0.25) is 0 Å². The van der Waals surface area contributed by atoms with Crippen LogP contribution < -0.4 is 14.8 Å². The van der Waals surface area contributed by atoms with Gasteiger partial charge in [0.05, 0.1) is 7.11 Å². The summed E-state index contributed by atoms with van der Waals surface area (Å²) in [5, 5.41) is 3.46. The molecule has 3 rings (SSSR count). The Balaban J connectivity index is 0.00000243. The SMILES string of the molecule is COc1ccc(CNCc2cccc(OCc3ccccc3)c2)cc1.Cl. The Kier molecular flexibility index (Phi) is 8.00. The summed E-state index contributed by atoms with van der Waals surface area (Å²) in [4.78, 5) is 0. The first-order chi connectivity index (χ1) is 12.3. The van der Waals surface area contributed by atoms with E-state index in [-0.39, 0.29) is 12.4 Å². The molecule has 0 saturated carbocycles. The highest BCUT2D eigenvalue weighted by Crippen LogP contribution is 2.16. The van der Waals surface area contributed by atoms with E-state index in [1.165, 1.54) is 16.7 Å². The summed E-state index contributed by atoms with van der Waals surface area (Å²) < 4.78 is 11.1. The number of nitrogens with one attached hydrogen (secondary N) is 1. The first kappa shape index (κ1) is 19.8. The second kappa shape index (κ2) is 10.5. The number of ether oxygens (including phenoxy) is 2. The van der Waals surface area contributed by atoms with Crippen LogP contribution in [0.2, 0.25) is 0 Å². The molecule has 3 aromatic rings. The quantitative estimate of drug-likeness (QED) is 0.607. The molecule has 0 amide bonds.